The zero-order valence-electron chi connectivity index (χ0n) is 14.0. The van der Waals surface area contributed by atoms with Gasteiger partial charge in [0.05, 0.1) is 10.5 Å². The summed E-state index contributed by atoms with van der Waals surface area (Å²) < 4.78 is 0. The molecule has 1 amide bonds. The van der Waals surface area contributed by atoms with Gasteiger partial charge >= 0.3 is 0 Å². The van der Waals surface area contributed by atoms with Crippen molar-refractivity contribution in [3.8, 4) is 0 Å². The molecule has 0 bridgehead atoms. The normalized spacial score (nSPS) is 19.3. The predicted molar refractivity (Wildman–Crippen MR) is 101 cm³/mol. The van der Waals surface area contributed by atoms with Crippen LogP contribution < -0.4 is 10.6 Å². The Morgan fingerprint density at radius 1 is 1.42 bits per heavy atom. The number of rotatable bonds is 3. The summed E-state index contributed by atoms with van der Waals surface area (Å²) in [6, 6.07) is 4.57. The number of fused-ring (bicyclic) bond motifs is 3. The third kappa shape index (κ3) is 2.84. The van der Waals surface area contributed by atoms with Crippen LogP contribution in [0.5, 0.6) is 0 Å². The highest BCUT2D eigenvalue weighted by Crippen LogP contribution is 2.41. The molecule has 0 spiro atoms. The highest BCUT2D eigenvalue weighted by molar-refractivity contribution is 7.16. The van der Waals surface area contributed by atoms with Crippen LogP contribution in [0.1, 0.15) is 39.5 Å². The average Bonchev–Trinajstić information content (AvgIpc) is 2.99. The van der Waals surface area contributed by atoms with Crippen molar-refractivity contribution in [2.24, 2.45) is 0 Å². The number of likely N-dealkylation sites (N-methyl/N-ethyl adjacent to an activating group) is 1. The second-order valence-electron chi connectivity index (χ2n) is 6.35. The van der Waals surface area contributed by atoms with E-state index in [1.54, 1.807) is 17.4 Å². The van der Waals surface area contributed by atoms with Crippen LogP contribution in [0.2, 0.25) is 5.02 Å². The molecule has 0 radical (unpaired) electrons. The first-order valence-electron chi connectivity index (χ1n) is 8.36. The van der Waals surface area contributed by atoms with Gasteiger partial charge < -0.3 is 10.6 Å². The lowest BCUT2D eigenvalue weighted by Gasteiger charge is -2.28. The summed E-state index contributed by atoms with van der Waals surface area (Å²) in [5, 5.41) is 18.3. The van der Waals surface area contributed by atoms with Gasteiger partial charge in [0.25, 0.3) is 11.6 Å². The van der Waals surface area contributed by atoms with E-state index >= 15 is 0 Å². The first-order valence-corrected chi connectivity index (χ1v) is 9.55. The maximum Gasteiger partial charge on any atom is 0.288 e. The van der Waals surface area contributed by atoms with E-state index in [1.807, 2.05) is 0 Å². The maximum atomic E-state index is 12.7. The molecule has 1 aromatic heterocycles. The van der Waals surface area contributed by atoms with Gasteiger partial charge in [-0.3, -0.25) is 19.8 Å². The van der Waals surface area contributed by atoms with Gasteiger partial charge in [-0.1, -0.05) is 24.6 Å². The Bertz CT molecular complexity index is 914. The maximum absolute atomic E-state index is 12.7. The van der Waals surface area contributed by atoms with Gasteiger partial charge in [-0.15, -0.1) is 11.3 Å². The monoisotopic (exact) mass is 392 g/mol. The highest BCUT2D eigenvalue weighted by Gasteiger charge is 2.33. The average molecular weight is 393 g/mol. The number of carbonyl (C=O) groups excluding carboxylic acids is 1. The molecule has 3 heterocycles. The second-order valence-corrected chi connectivity index (χ2v) is 7.86. The lowest BCUT2D eigenvalue weighted by molar-refractivity contribution is -0.384. The molecule has 0 fully saturated rings. The second kappa shape index (κ2) is 6.53. The summed E-state index contributed by atoms with van der Waals surface area (Å²) in [7, 11) is 0. The van der Waals surface area contributed by atoms with E-state index < -0.39 is 11.1 Å². The van der Waals surface area contributed by atoms with Gasteiger partial charge in [0.1, 0.15) is 16.2 Å². The molecular formula is C17H17ClN4O3S. The number of benzene rings is 1. The Hall–Kier alpha value is -2.16. The molecule has 1 unspecified atom stereocenters. The van der Waals surface area contributed by atoms with Gasteiger partial charge in [0.2, 0.25) is 0 Å². The van der Waals surface area contributed by atoms with E-state index in [1.165, 1.54) is 17.0 Å². The fourth-order valence-electron chi connectivity index (χ4n) is 3.45. The Morgan fingerprint density at radius 2 is 2.23 bits per heavy atom. The van der Waals surface area contributed by atoms with Crippen LogP contribution >= 0.6 is 22.9 Å². The number of thiophene rings is 1. The van der Waals surface area contributed by atoms with E-state index in [-0.39, 0.29) is 16.6 Å². The number of hydrogen-bond donors (Lipinski definition) is 2. The van der Waals surface area contributed by atoms with Crippen molar-refractivity contribution in [2.45, 2.75) is 26.1 Å². The van der Waals surface area contributed by atoms with Crippen molar-refractivity contribution >= 4 is 39.5 Å². The van der Waals surface area contributed by atoms with Crippen LogP contribution in [0, 0.1) is 10.1 Å². The first kappa shape index (κ1) is 17.3. The molecule has 1 atom stereocenters. The molecule has 0 saturated heterocycles. The standard InChI is InChI=1S/C17H17ClN4O3S/c1-2-21-6-5-10-13(8-21)26-17-14(10)16(23)19-15(20-17)9-3-4-11(18)12(7-9)22(24)25/h3-4,7,15,20H,2,5-6,8H2,1H3,(H,19,23). The minimum absolute atomic E-state index is 0.0767. The SMILES string of the molecule is CCN1CCc2c(sc3c2C(=O)NC(c2ccc(Cl)c([N+](=O)[O-])c2)N3)C1. The summed E-state index contributed by atoms with van der Waals surface area (Å²) in [5.74, 6) is -0.135. The van der Waals surface area contributed by atoms with Crippen molar-refractivity contribution in [3.05, 3.63) is 54.9 Å². The van der Waals surface area contributed by atoms with E-state index in [4.69, 9.17) is 11.6 Å². The van der Waals surface area contributed by atoms with Crippen LogP contribution in [-0.4, -0.2) is 28.8 Å². The largest absolute Gasteiger partial charge is 0.353 e. The van der Waals surface area contributed by atoms with Gasteiger partial charge in [0, 0.05) is 29.6 Å². The molecule has 0 aliphatic carbocycles. The smallest absolute Gasteiger partial charge is 0.288 e. The van der Waals surface area contributed by atoms with Crippen molar-refractivity contribution in [1.82, 2.24) is 10.2 Å². The first-order chi connectivity index (χ1) is 12.5. The summed E-state index contributed by atoms with van der Waals surface area (Å²) in [5.41, 5.74) is 2.28. The number of halogens is 1. The predicted octanol–water partition coefficient (Wildman–Crippen LogP) is 3.54. The zero-order chi connectivity index (χ0) is 18.4. The number of nitro benzene ring substituents is 1. The molecule has 7 nitrogen and oxygen atoms in total. The van der Waals surface area contributed by atoms with Gasteiger partial charge in [-0.25, -0.2) is 0 Å². The van der Waals surface area contributed by atoms with Crippen molar-refractivity contribution < 1.29 is 9.72 Å². The van der Waals surface area contributed by atoms with Crippen LogP contribution in [0.3, 0.4) is 0 Å². The molecule has 4 rings (SSSR count). The number of nitrogens with zero attached hydrogens (tertiary/aromatic N) is 2. The Kier molecular flexibility index (Phi) is 4.34. The van der Waals surface area contributed by atoms with Crippen LogP contribution in [0.15, 0.2) is 18.2 Å². The number of amides is 1. The van der Waals surface area contributed by atoms with Crippen LogP contribution in [0.4, 0.5) is 10.7 Å². The third-order valence-electron chi connectivity index (χ3n) is 4.86. The summed E-state index contributed by atoms with van der Waals surface area (Å²) in [6.45, 7) is 4.92. The number of hydrogen-bond acceptors (Lipinski definition) is 6. The van der Waals surface area contributed by atoms with Gasteiger partial charge in [-0.2, -0.15) is 0 Å². The zero-order valence-corrected chi connectivity index (χ0v) is 15.6. The topological polar surface area (TPSA) is 87.5 Å². The van der Waals surface area contributed by atoms with Crippen LogP contribution in [-0.2, 0) is 13.0 Å². The molecule has 2 aliphatic rings. The molecule has 2 N–H and O–H groups in total. The number of nitrogens with one attached hydrogen (secondary N) is 2. The van der Waals surface area contributed by atoms with Crippen molar-refractivity contribution in [3.63, 3.8) is 0 Å². The highest BCUT2D eigenvalue weighted by atomic mass is 35.5. The Labute approximate surface area is 159 Å². The molecule has 9 heteroatoms. The molecule has 2 aromatic rings. The molecule has 26 heavy (non-hydrogen) atoms. The van der Waals surface area contributed by atoms with Gasteiger partial charge in [-0.05, 0) is 24.6 Å². The van der Waals surface area contributed by atoms with Crippen molar-refractivity contribution in [1.29, 1.82) is 0 Å². The fraction of sp³-hybridized carbons (Fsp3) is 0.353. The number of nitro groups is 1. The minimum atomic E-state index is -0.523. The Morgan fingerprint density at radius 3 is 2.96 bits per heavy atom. The minimum Gasteiger partial charge on any atom is -0.353 e. The summed E-state index contributed by atoms with van der Waals surface area (Å²) in [6.07, 6.45) is 0.342. The number of anilines is 1. The van der Waals surface area contributed by atoms with E-state index in [0.717, 1.165) is 42.2 Å². The van der Waals surface area contributed by atoms with Gasteiger partial charge in [0.15, 0.2) is 0 Å². The fourth-order valence-corrected chi connectivity index (χ4v) is 4.96. The molecule has 136 valence electrons. The summed E-state index contributed by atoms with van der Waals surface area (Å²) >= 11 is 7.48. The van der Waals surface area contributed by atoms with E-state index in [9.17, 15) is 14.9 Å². The molecule has 1 aromatic carbocycles. The van der Waals surface area contributed by atoms with Crippen molar-refractivity contribution in [2.75, 3.05) is 18.4 Å². The lowest BCUT2D eigenvalue weighted by atomic mass is 10.0. The molecular weight excluding hydrogens is 376 g/mol. The summed E-state index contributed by atoms with van der Waals surface area (Å²) in [4.78, 5) is 26.9. The number of carbonyl (C=O) groups is 1. The Balaban J connectivity index is 1.67. The van der Waals surface area contributed by atoms with Crippen LogP contribution in [0.25, 0.3) is 0 Å². The molecule has 0 saturated carbocycles. The quantitative estimate of drug-likeness (QED) is 0.616. The van der Waals surface area contributed by atoms with E-state index in [0.29, 0.717) is 5.56 Å². The molecule has 2 aliphatic heterocycles. The third-order valence-corrected chi connectivity index (χ3v) is 6.33. The lowest BCUT2D eigenvalue weighted by Crippen LogP contribution is -2.38. The van der Waals surface area contributed by atoms with E-state index in [2.05, 4.69) is 22.5 Å².